The summed E-state index contributed by atoms with van der Waals surface area (Å²) in [5.41, 5.74) is 19.2. The Labute approximate surface area is 326 Å². The highest BCUT2D eigenvalue weighted by Crippen LogP contribution is 2.62. The zero-order valence-electron chi connectivity index (χ0n) is 30.7. The van der Waals surface area contributed by atoms with E-state index in [-0.39, 0.29) is 11.8 Å². The van der Waals surface area contributed by atoms with Crippen LogP contribution in [0.2, 0.25) is 0 Å². The van der Waals surface area contributed by atoms with E-state index in [1.165, 1.54) is 99.9 Å². The summed E-state index contributed by atoms with van der Waals surface area (Å²) in [5, 5.41) is 3.90. The zero-order chi connectivity index (χ0) is 36.7. The summed E-state index contributed by atoms with van der Waals surface area (Å²) in [5.74, 6) is 0.204. The van der Waals surface area contributed by atoms with Crippen molar-refractivity contribution < 1.29 is 0 Å². The molecular formula is C54H36N2. The van der Waals surface area contributed by atoms with Crippen molar-refractivity contribution in [3.8, 4) is 39.2 Å². The smallest absolute Gasteiger partial charge is 0.0619 e. The predicted octanol–water partition coefficient (Wildman–Crippen LogP) is 12.0. The van der Waals surface area contributed by atoms with Gasteiger partial charge in [0.05, 0.1) is 22.6 Å². The minimum absolute atomic E-state index is 0.0993. The van der Waals surface area contributed by atoms with Crippen molar-refractivity contribution in [2.45, 2.75) is 11.8 Å². The maximum Gasteiger partial charge on any atom is 0.0619 e. The molecule has 2 aliphatic carbocycles. The first kappa shape index (κ1) is 31.2. The van der Waals surface area contributed by atoms with Crippen LogP contribution >= 0.6 is 0 Å². The summed E-state index contributed by atoms with van der Waals surface area (Å²) in [6.45, 7) is 0. The molecule has 2 unspecified atom stereocenters. The van der Waals surface area contributed by atoms with Crippen molar-refractivity contribution in [1.82, 2.24) is 4.57 Å². The molecule has 0 N–H and O–H groups in total. The fourth-order valence-electron chi connectivity index (χ4n) is 10.2. The van der Waals surface area contributed by atoms with Crippen LogP contribution in [0.1, 0.15) is 28.5 Å². The lowest BCUT2D eigenvalue weighted by Crippen LogP contribution is -2.41. The van der Waals surface area contributed by atoms with Crippen molar-refractivity contribution in [2.75, 3.05) is 4.90 Å². The van der Waals surface area contributed by atoms with Gasteiger partial charge in [0.1, 0.15) is 0 Å². The number of fused-ring (bicyclic) bond motifs is 13. The van der Waals surface area contributed by atoms with E-state index in [2.05, 4.69) is 216 Å². The fraction of sp³-hybridized carbons (Fsp3) is 0.0370. The summed E-state index contributed by atoms with van der Waals surface area (Å²) >= 11 is 0. The number of benzene rings is 8. The van der Waals surface area contributed by atoms with Gasteiger partial charge in [-0.1, -0.05) is 182 Å². The van der Waals surface area contributed by atoms with Crippen LogP contribution in [0.15, 0.2) is 206 Å². The second-order valence-corrected chi connectivity index (χ2v) is 15.1. The van der Waals surface area contributed by atoms with Crippen molar-refractivity contribution in [3.63, 3.8) is 0 Å². The largest absolute Gasteiger partial charge is 0.312 e. The predicted molar refractivity (Wildman–Crippen MR) is 232 cm³/mol. The van der Waals surface area contributed by atoms with Gasteiger partial charge in [0, 0.05) is 56.1 Å². The lowest BCUT2D eigenvalue weighted by atomic mass is 9.66. The number of para-hydroxylation sites is 4. The molecule has 2 atom stereocenters. The number of nitrogens with zero attached hydrogens (tertiary/aromatic N) is 2. The van der Waals surface area contributed by atoms with Gasteiger partial charge >= 0.3 is 0 Å². The average Bonchev–Trinajstić information content (AvgIpc) is 3.81. The Morgan fingerprint density at radius 1 is 0.357 bits per heavy atom. The molecule has 2 nitrogen and oxygen atoms in total. The van der Waals surface area contributed by atoms with Crippen LogP contribution in [0.5, 0.6) is 0 Å². The van der Waals surface area contributed by atoms with E-state index in [1.54, 1.807) is 0 Å². The SMILES string of the molecule is c1ccc(-c2ccccc2N2C3=c4ccccc4=C4c5c(n(-c6ccccc6-c6ccccc6)c6ccccc56)-c5ccccc5C4C3c3ccccc32)cc1. The van der Waals surface area contributed by atoms with Gasteiger partial charge in [-0.2, -0.15) is 0 Å². The van der Waals surface area contributed by atoms with Crippen LogP contribution < -0.4 is 15.3 Å². The van der Waals surface area contributed by atoms with Crippen LogP contribution in [-0.2, 0) is 0 Å². The molecule has 0 fully saturated rings. The summed E-state index contributed by atoms with van der Waals surface area (Å²) in [4.78, 5) is 2.59. The zero-order valence-corrected chi connectivity index (χ0v) is 30.7. The van der Waals surface area contributed by atoms with Gasteiger partial charge in [-0.3, -0.25) is 0 Å². The van der Waals surface area contributed by atoms with Crippen molar-refractivity contribution >= 4 is 33.5 Å². The maximum atomic E-state index is 2.59. The first-order valence-corrected chi connectivity index (χ1v) is 19.6. The maximum absolute atomic E-state index is 2.59. The molecule has 1 aromatic heterocycles. The summed E-state index contributed by atoms with van der Waals surface area (Å²) < 4.78 is 2.56. The number of aromatic nitrogens is 1. The highest BCUT2D eigenvalue weighted by atomic mass is 15.2. The van der Waals surface area contributed by atoms with Crippen molar-refractivity contribution in [2.24, 2.45) is 0 Å². The van der Waals surface area contributed by atoms with E-state index in [1.807, 2.05) is 0 Å². The highest BCUT2D eigenvalue weighted by molar-refractivity contribution is 6.09. The molecule has 0 radical (unpaired) electrons. The summed E-state index contributed by atoms with van der Waals surface area (Å²) in [6.07, 6.45) is 0. The lowest BCUT2D eigenvalue weighted by molar-refractivity contribution is 0.759. The van der Waals surface area contributed by atoms with Gasteiger partial charge < -0.3 is 9.47 Å². The monoisotopic (exact) mass is 712 g/mol. The average molecular weight is 713 g/mol. The molecule has 2 heteroatoms. The molecule has 56 heavy (non-hydrogen) atoms. The van der Waals surface area contributed by atoms with E-state index >= 15 is 0 Å². The van der Waals surface area contributed by atoms with Crippen molar-refractivity contribution in [1.29, 1.82) is 0 Å². The minimum Gasteiger partial charge on any atom is -0.312 e. The van der Waals surface area contributed by atoms with E-state index in [0.29, 0.717) is 0 Å². The van der Waals surface area contributed by atoms with Crippen LogP contribution in [-0.4, -0.2) is 4.57 Å². The molecule has 0 bridgehead atoms. The molecule has 2 heterocycles. The van der Waals surface area contributed by atoms with Gasteiger partial charge in [0.2, 0.25) is 0 Å². The van der Waals surface area contributed by atoms with Crippen molar-refractivity contribution in [3.05, 3.63) is 233 Å². The second-order valence-electron chi connectivity index (χ2n) is 15.1. The van der Waals surface area contributed by atoms with Gasteiger partial charge in [-0.05, 0) is 57.3 Å². The molecule has 0 saturated heterocycles. The quantitative estimate of drug-likeness (QED) is 0.176. The molecule has 0 saturated carbocycles. The Morgan fingerprint density at radius 3 is 1.61 bits per heavy atom. The molecule has 8 aromatic carbocycles. The highest BCUT2D eigenvalue weighted by Gasteiger charge is 2.48. The Balaban J connectivity index is 1.23. The van der Waals surface area contributed by atoms with Crippen LogP contribution in [0, 0.1) is 0 Å². The standard InChI is InChI=1S/C54H36N2/c1-3-19-35(20-4-1)37-23-11-15-31-45(37)55-47-33-17-13-29-43(47)51-49-40-26-8-10-28-42(40)54-52(50(49)39-25-7-9-27-41(39)53(51)55)44-30-14-18-34-48(44)56(54)46-32-16-12-24-38(46)36-21-5-2-6-22-36/h1-34,49,51H. The fourth-order valence-corrected chi connectivity index (χ4v) is 10.2. The molecule has 1 aliphatic heterocycles. The molecule has 9 aromatic rings. The number of hydrogen-bond donors (Lipinski definition) is 0. The van der Waals surface area contributed by atoms with Gasteiger partial charge in [0.25, 0.3) is 0 Å². The third-order valence-corrected chi connectivity index (χ3v) is 12.3. The normalized spacial score (nSPS) is 16.1. The third kappa shape index (κ3) is 4.33. The first-order chi connectivity index (χ1) is 27.9. The Hall–Kier alpha value is -7.16. The van der Waals surface area contributed by atoms with Crippen LogP contribution in [0.3, 0.4) is 0 Å². The Bertz CT molecular complexity index is 3150. The molecule has 0 spiro atoms. The van der Waals surface area contributed by atoms with E-state index in [4.69, 9.17) is 0 Å². The van der Waals surface area contributed by atoms with Crippen LogP contribution in [0.25, 0.3) is 61.4 Å². The second kappa shape index (κ2) is 12.2. The summed E-state index contributed by atoms with van der Waals surface area (Å²) in [7, 11) is 0. The number of anilines is 2. The number of rotatable bonds is 4. The first-order valence-electron chi connectivity index (χ1n) is 19.6. The Morgan fingerprint density at radius 2 is 0.875 bits per heavy atom. The van der Waals surface area contributed by atoms with Gasteiger partial charge in [-0.15, -0.1) is 0 Å². The topological polar surface area (TPSA) is 8.17 Å². The number of hydrogen-bond acceptors (Lipinski definition) is 1. The molecular weight excluding hydrogens is 677 g/mol. The molecule has 3 aliphatic rings. The van der Waals surface area contributed by atoms with Crippen LogP contribution in [0.4, 0.5) is 11.4 Å². The van der Waals surface area contributed by atoms with E-state index in [9.17, 15) is 0 Å². The minimum atomic E-state index is 0.0993. The third-order valence-electron chi connectivity index (χ3n) is 12.3. The molecule has 262 valence electrons. The lowest BCUT2D eigenvalue weighted by Gasteiger charge is -2.38. The molecule has 12 rings (SSSR count). The van der Waals surface area contributed by atoms with Gasteiger partial charge in [-0.25, -0.2) is 0 Å². The van der Waals surface area contributed by atoms with Gasteiger partial charge in [0.15, 0.2) is 0 Å². The molecule has 0 amide bonds. The summed E-state index contributed by atoms with van der Waals surface area (Å²) in [6, 6.07) is 76.2. The van der Waals surface area contributed by atoms with E-state index < -0.39 is 0 Å². The Kier molecular flexibility index (Phi) is 6.79. The van der Waals surface area contributed by atoms with E-state index in [0.717, 1.165) is 0 Å².